The van der Waals surface area contributed by atoms with Gasteiger partial charge in [-0.3, -0.25) is 9.52 Å². The summed E-state index contributed by atoms with van der Waals surface area (Å²) in [4.78, 5) is 17.6. The van der Waals surface area contributed by atoms with Crippen LogP contribution in [0, 0.1) is 0 Å². The fourth-order valence-corrected chi connectivity index (χ4v) is 5.26. The molecule has 1 atom stereocenters. The highest BCUT2D eigenvalue weighted by atomic mass is 35.5. The van der Waals surface area contributed by atoms with Crippen LogP contribution in [0.15, 0.2) is 69.9 Å². The zero-order valence-electron chi connectivity index (χ0n) is 15.3. The number of hydrogen-bond acceptors (Lipinski definition) is 6. The maximum absolute atomic E-state index is 12.6. The monoisotopic (exact) mass is 467 g/mol. The minimum absolute atomic E-state index is 0.0910. The summed E-state index contributed by atoms with van der Waals surface area (Å²) in [6, 6.07) is 13.3. The molecule has 0 spiro atoms. The standard InChI is InChI=1S/C19H18ClN3O3S3/c1-2-17(28-15-7-3-13(20)4-8-15)18(24)22-14-5-9-16(10-6-14)29(25,26)23-19-21-11-12-27-19/h3-12,17H,2H2,1H3,(H,21,23)(H,22,24)/t17-/m1/s1. The summed E-state index contributed by atoms with van der Waals surface area (Å²) in [5.74, 6) is -0.149. The second kappa shape index (κ2) is 9.62. The molecule has 0 bridgehead atoms. The lowest BCUT2D eigenvalue weighted by Gasteiger charge is -2.15. The van der Waals surface area contributed by atoms with Crippen molar-refractivity contribution in [3.63, 3.8) is 0 Å². The Morgan fingerprint density at radius 1 is 1.17 bits per heavy atom. The summed E-state index contributed by atoms with van der Waals surface area (Å²) in [6.45, 7) is 1.94. The van der Waals surface area contributed by atoms with Crippen LogP contribution in [0.4, 0.5) is 10.8 Å². The SMILES string of the molecule is CC[C@@H](Sc1ccc(Cl)cc1)C(=O)Nc1ccc(S(=O)(=O)Nc2nccs2)cc1. The van der Waals surface area contributed by atoms with Crippen molar-refractivity contribution in [2.24, 2.45) is 0 Å². The molecule has 3 rings (SSSR count). The van der Waals surface area contributed by atoms with Crippen molar-refractivity contribution in [2.45, 2.75) is 28.4 Å². The van der Waals surface area contributed by atoms with Crippen LogP contribution in [-0.4, -0.2) is 24.6 Å². The number of sulfonamides is 1. The number of carbonyl (C=O) groups excluding carboxylic acids is 1. The molecule has 0 aliphatic rings. The molecule has 0 fully saturated rings. The first kappa shape index (κ1) is 21.6. The van der Waals surface area contributed by atoms with Gasteiger partial charge in [-0.1, -0.05) is 18.5 Å². The van der Waals surface area contributed by atoms with Crippen LogP contribution in [-0.2, 0) is 14.8 Å². The number of nitrogens with zero attached hydrogens (tertiary/aromatic N) is 1. The first-order valence-corrected chi connectivity index (χ1v) is 12.2. The molecule has 0 unspecified atom stereocenters. The Bertz CT molecular complexity index is 1050. The summed E-state index contributed by atoms with van der Waals surface area (Å²) in [7, 11) is -3.72. The number of hydrogen-bond donors (Lipinski definition) is 2. The van der Waals surface area contributed by atoms with Gasteiger partial charge in [-0.15, -0.1) is 23.1 Å². The van der Waals surface area contributed by atoms with Gasteiger partial charge in [0.15, 0.2) is 5.13 Å². The number of rotatable bonds is 8. The van der Waals surface area contributed by atoms with Crippen molar-refractivity contribution < 1.29 is 13.2 Å². The molecule has 0 radical (unpaired) electrons. The first-order valence-electron chi connectivity index (χ1n) is 8.63. The predicted octanol–water partition coefficient (Wildman–Crippen LogP) is 5.11. The van der Waals surface area contributed by atoms with Gasteiger partial charge in [-0.05, 0) is 55.0 Å². The van der Waals surface area contributed by atoms with Gasteiger partial charge in [0.2, 0.25) is 5.91 Å². The summed E-state index contributed by atoms with van der Waals surface area (Å²) < 4.78 is 27.2. The number of amides is 1. The molecular weight excluding hydrogens is 450 g/mol. The van der Waals surface area contributed by atoms with Crippen LogP contribution < -0.4 is 10.0 Å². The Hall–Kier alpha value is -2.07. The molecule has 0 aliphatic carbocycles. The molecule has 1 aromatic heterocycles. The minimum Gasteiger partial charge on any atom is -0.325 e. The van der Waals surface area contributed by atoms with Gasteiger partial charge in [0.05, 0.1) is 10.1 Å². The van der Waals surface area contributed by atoms with E-state index in [-0.39, 0.29) is 16.1 Å². The molecule has 1 heterocycles. The number of carbonyl (C=O) groups is 1. The van der Waals surface area contributed by atoms with E-state index in [2.05, 4.69) is 15.0 Å². The van der Waals surface area contributed by atoms with Crippen molar-refractivity contribution in [2.75, 3.05) is 10.0 Å². The Morgan fingerprint density at radius 2 is 1.86 bits per heavy atom. The highest BCUT2D eigenvalue weighted by Gasteiger charge is 2.19. The highest BCUT2D eigenvalue weighted by Crippen LogP contribution is 2.28. The van der Waals surface area contributed by atoms with Gasteiger partial charge in [-0.2, -0.15) is 0 Å². The molecule has 3 aromatic rings. The molecule has 10 heteroatoms. The number of halogens is 1. The van der Waals surface area contributed by atoms with E-state index in [0.717, 1.165) is 4.90 Å². The number of benzene rings is 2. The largest absolute Gasteiger partial charge is 0.325 e. The molecule has 1 amide bonds. The normalized spacial score (nSPS) is 12.3. The molecule has 152 valence electrons. The summed E-state index contributed by atoms with van der Waals surface area (Å²) in [5.41, 5.74) is 0.526. The Labute approximate surface area is 182 Å². The first-order chi connectivity index (χ1) is 13.9. The lowest BCUT2D eigenvalue weighted by Crippen LogP contribution is -2.24. The Morgan fingerprint density at radius 3 is 2.45 bits per heavy atom. The van der Waals surface area contributed by atoms with Crippen LogP contribution in [0.1, 0.15) is 13.3 Å². The van der Waals surface area contributed by atoms with E-state index in [9.17, 15) is 13.2 Å². The van der Waals surface area contributed by atoms with E-state index < -0.39 is 10.0 Å². The van der Waals surface area contributed by atoms with Gasteiger partial charge >= 0.3 is 0 Å². The van der Waals surface area contributed by atoms with Crippen LogP contribution in [0.5, 0.6) is 0 Å². The summed E-state index contributed by atoms with van der Waals surface area (Å²) >= 11 is 8.54. The molecular formula is C19H18ClN3O3S3. The quantitative estimate of drug-likeness (QED) is 0.449. The molecule has 0 saturated heterocycles. The predicted molar refractivity (Wildman–Crippen MR) is 119 cm³/mol. The molecule has 0 saturated carbocycles. The maximum Gasteiger partial charge on any atom is 0.263 e. The lowest BCUT2D eigenvalue weighted by atomic mass is 10.3. The van der Waals surface area contributed by atoms with Crippen molar-refractivity contribution >= 4 is 61.4 Å². The van der Waals surface area contributed by atoms with E-state index in [4.69, 9.17) is 11.6 Å². The molecule has 2 N–H and O–H groups in total. The molecule has 2 aromatic carbocycles. The second-order valence-electron chi connectivity index (χ2n) is 5.93. The number of anilines is 2. The average Bonchev–Trinajstić information content (AvgIpc) is 3.20. The number of thioether (sulfide) groups is 1. The maximum atomic E-state index is 12.6. The second-order valence-corrected chi connectivity index (χ2v) is 10.2. The average molecular weight is 468 g/mol. The third kappa shape index (κ3) is 5.96. The number of thiazole rings is 1. The van der Waals surface area contributed by atoms with Gasteiger partial charge < -0.3 is 5.32 Å². The van der Waals surface area contributed by atoms with Crippen LogP contribution in [0.2, 0.25) is 5.02 Å². The Balaban J connectivity index is 1.64. The van der Waals surface area contributed by atoms with Gasteiger partial charge in [-0.25, -0.2) is 13.4 Å². The van der Waals surface area contributed by atoms with Gasteiger partial charge in [0, 0.05) is 27.2 Å². The zero-order valence-corrected chi connectivity index (χ0v) is 18.5. The van der Waals surface area contributed by atoms with Crippen molar-refractivity contribution in [1.29, 1.82) is 0 Å². The minimum atomic E-state index is -3.72. The third-order valence-corrected chi connectivity index (χ3v) is 7.64. The third-order valence-electron chi connectivity index (χ3n) is 3.84. The van der Waals surface area contributed by atoms with E-state index >= 15 is 0 Å². The fourth-order valence-electron chi connectivity index (χ4n) is 2.39. The lowest BCUT2D eigenvalue weighted by molar-refractivity contribution is -0.115. The van der Waals surface area contributed by atoms with Gasteiger partial charge in [0.25, 0.3) is 10.0 Å². The van der Waals surface area contributed by atoms with E-state index in [1.807, 2.05) is 19.1 Å². The number of aromatic nitrogens is 1. The molecule has 29 heavy (non-hydrogen) atoms. The van der Waals surface area contributed by atoms with Crippen LogP contribution >= 0.6 is 34.7 Å². The fraction of sp³-hybridized carbons (Fsp3) is 0.158. The summed E-state index contributed by atoms with van der Waals surface area (Å²) in [5, 5.41) is 5.18. The van der Waals surface area contributed by atoms with E-state index in [1.165, 1.54) is 41.4 Å². The molecule has 0 aliphatic heterocycles. The smallest absolute Gasteiger partial charge is 0.263 e. The van der Waals surface area contributed by atoms with Crippen LogP contribution in [0.3, 0.4) is 0 Å². The highest BCUT2D eigenvalue weighted by molar-refractivity contribution is 8.00. The summed E-state index contributed by atoms with van der Waals surface area (Å²) in [6.07, 6.45) is 2.16. The van der Waals surface area contributed by atoms with Gasteiger partial charge in [0.1, 0.15) is 0 Å². The number of nitrogens with one attached hydrogen (secondary N) is 2. The zero-order chi connectivity index (χ0) is 20.9. The molecule has 6 nitrogen and oxygen atoms in total. The van der Waals surface area contributed by atoms with Crippen molar-refractivity contribution in [1.82, 2.24) is 4.98 Å². The van der Waals surface area contributed by atoms with E-state index in [0.29, 0.717) is 22.3 Å². The van der Waals surface area contributed by atoms with Crippen molar-refractivity contribution in [3.8, 4) is 0 Å². The Kier molecular flexibility index (Phi) is 7.18. The van der Waals surface area contributed by atoms with Crippen LogP contribution in [0.25, 0.3) is 0 Å². The van der Waals surface area contributed by atoms with Crippen molar-refractivity contribution in [3.05, 3.63) is 65.1 Å². The van der Waals surface area contributed by atoms with E-state index in [1.54, 1.807) is 29.6 Å². The topological polar surface area (TPSA) is 88.2 Å².